The highest BCUT2D eigenvalue weighted by Crippen LogP contribution is 2.29. The van der Waals surface area contributed by atoms with E-state index in [0.29, 0.717) is 29.2 Å². The molecule has 9 heteroatoms. The first-order valence-corrected chi connectivity index (χ1v) is 8.32. The summed E-state index contributed by atoms with van der Waals surface area (Å²) in [5.74, 6) is 0.414. The van der Waals surface area contributed by atoms with Gasteiger partial charge in [0.2, 0.25) is 5.95 Å². The Hall–Kier alpha value is -3.62. The molecule has 0 saturated heterocycles. The highest BCUT2D eigenvalue weighted by molar-refractivity contribution is 5.90. The SMILES string of the molecule is FC(F)(F)Oc1ccc2nc(-n3ccnc3)nc(NCc3ccccc3)c2c1. The minimum absolute atomic E-state index is 0.332. The summed E-state index contributed by atoms with van der Waals surface area (Å²) in [6.07, 6.45) is 0.0420. The number of fused-ring (bicyclic) bond motifs is 1. The smallest absolute Gasteiger partial charge is 0.406 e. The number of alkyl halides is 3. The third-order valence-electron chi connectivity index (χ3n) is 3.93. The summed E-state index contributed by atoms with van der Waals surface area (Å²) in [6.45, 7) is 0.445. The Bertz CT molecular complexity index is 1080. The Morgan fingerprint density at radius 2 is 1.86 bits per heavy atom. The number of ether oxygens (including phenoxy) is 1. The van der Waals surface area contributed by atoms with E-state index in [4.69, 9.17) is 0 Å². The lowest BCUT2D eigenvalue weighted by Gasteiger charge is -2.13. The van der Waals surface area contributed by atoms with Gasteiger partial charge < -0.3 is 10.1 Å². The average Bonchev–Trinajstić information content (AvgIpc) is 3.20. The minimum Gasteiger partial charge on any atom is -0.406 e. The standard InChI is InChI=1S/C19H14F3N5O/c20-19(21,22)28-14-6-7-16-15(10-14)17(24-11-13-4-2-1-3-5-13)26-18(25-16)27-9-8-23-12-27/h1-10,12H,11H2,(H,24,25,26). The second kappa shape index (κ2) is 7.18. The molecule has 2 heterocycles. The van der Waals surface area contributed by atoms with Crippen LogP contribution in [0, 0.1) is 0 Å². The number of rotatable bonds is 5. The highest BCUT2D eigenvalue weighted by atomic mass is 19.4. The van der Waals surface area contributed by atoms with Crippen LogP contribution in [-0.2, 0) is 6.54 Å². The zero-order valence-corrected chi connectivity index (χ0v) is 14.4. The maximum atomic E-state index is 12.6. The van der Waals surface area contributed by atoms with Crippen LogP contribution in [0.4, 0.5) is 19.0 Å². The van der Waals surface area contributed by atoms with Gasteiger partial charge in [0.1, 0.15) is 17.9 Å². The van der Waals surface area contributed by atoms with Gasteiger partial charge in [-0.15, -0.1) is 13.2 Å². The average molecular weight is 385 g/mol. The molecule has 0 atom stereocenters. The van der Waals surface area contributed by atoms with E-state index in [2.05, 4.69) is 25.0 Å². The van der Waals surface area contributed by atoms with Gasteiger partial charge in [0.25, 0.3) is 0 Å². The van der Waals surface area contributed by atoms with Gasteiger partial charge in [-0.1, -0.05) is 30.3 Å². The second-order valence-electron chi connectivity index (χ2n) is 5.91. The van der Waals surface area contributed by atoms with Crippen LogP contribution in [0.25, 0.3) is 16.9 Å². The number of halogens is 3. The molecule has 6 nitrogen and oxygen atoms in total. The molecule has 4 aromatic rings. The Morgan fingerprint density at radius 3 is 2.57 bits per heavy atom. The summed E-state index contributed by atoms with van der Waals surface area (Å²) in [5, 5.41) is 3.59. The van der Waals surface area contributed by atoms with Crippen molar-refractivity contribution in [3.05, 3.63) is 72.8 Å². The number of anilines is 1. The molecule has 0 unspecified atom stereocenters. The summed E-state index contributed by atoms with van der Waals surface area (Å²) >= 11 is 0. The van der Waals surface area contributed by atoms with E-state index < -0.39 is 6.36 Å². The van der Waals surface area contributed by atoms with Gasteiger partial charge in [-0.2, -0.15) is 4.98 Å². The summed E-state index contributed by atoms with van der Waals surface area (Å²) in [6, 6.07) is 13.5. The van der Waals surface area contributed by atoms with Crippen molar-refractivity contribution in [1.29, 1.82) is 0 Å². The lowest BCUT2D eigenvalue weighted by Crippen LogP contribution is -2.17. The Labute approximate surface area is 157 Å². The number of nitrogens with zero attached hydrogens (tertiary/aromatic N) is 4. The topological polar surface area (TPSA) is 64.9 Å². The number of imidazole rings is 1. The molecule has 0 aliphatic rings. The highest BCUT2D eigenvalue weighted by Gasteiger charge is 2.31. The van der Waals surface area contributed by atoms with E-state index in [1.54, 1.807) is 23.3 Å². The van der Waals surface area contributed by atoms with Gasteiger partial charge in [0.15, 0.2) is 0 Å². The van der Waals surface area contributed by atoms with Crippen LogP contribution in [0.1, 0.15) is 5.56 Å². The van der Waals surface area contributed by atoms with Crippen LogP contribution >= 0.6 is 0 Å². The van der Waals surface area contributed by atoms with Gasteiger partial charge in [-0.25, -0.2) is 9.97 Å². The second-order valence-corrected chi connectivity index (χ2v) is 5.91. The van der Waals surface area contributed by atoms with E-state index >= 15 is 0 Å². The first-order chi connectivity index (χ1) is 13.5. The quantitative estimate of drug-likeness (QED) is 0.554. The number of nitrogens with one attached hydrogen (secondary N) is 1. The van der Waals surface area contributed by atoms with Crippen molar-refractivity contribution in [2.45, 2.75) is 12.9 Å². The molecule has 0 aliphatic heterocycles. The fraction of sp³-hybridized carbons (Fsp3) is 0.105. The molecule has 0 saturated carbocycles. The molecule has 0 fully saturated rings. The maximum absolute atomic E-state index is 12.6. The van der Waals surface area contributed by atoms with Crippen LogP contribution in [0.2, 0.25) is 0 Å². The summed E-state index contributed by atoms with van der Waals surface area (Å²) < 4.78 is 43.4. The molecule has 2 aromatic carbocycles. The van der Waals surface area contributed by atoms with Crippen LogP contribution < -0.4 is 10.1 Å². The largest absolute Gasteiger partial charge is 0.573 e. The van der Waals surface area contributed by atoms with Crippen LogP contribution in [-0.4, -0.2) is 25.9 Å². The molecule has 0 amide bonds. The molecule has 0 radical (unpaired) electrons. The van der Waals surface area contributed by atoms with Gasteiger partial charge in [-0.05, 0) is 23.8 Å². The van der Waals surface area contributed by atoms with Gasteiger partial charge in [-0.3, -0.25) is 4.57 Å². The predicted molar refractivity (Wildman–Crippen MR) is 97.1 cm³/mol. The van der Waals surface area contributed by atoms with Gasteiger partial charge in [0.05, 0.1) is 5.52 Å². The van der Waals surface area contributed by atoms with E-state index in [1.165, 1.54) is 18.2 Å². The molecule has 0 spiro atoms. The Kier molecular flexibility index (Phi) is 4.56. The van der Waals surface area contributed by atoms with Crippen molar-refractivity contribution in [1.82, 2.24) is 19.5 Å². The first-order valence-electron chi connectivity index (χ1n) is 8.32. The van der Waals surface area contributed by atoms with Crippen molar-refractivity contribution in [3.63, 3.8) is 0 Å². The first kappa shape index (κ1) is 17.8. The Balaban J connectivity index is 1.76. The molecular weight excluding hydrogens is 371 g/mol. The lowest BCUT2D eigenvalue weighted by molar-refractivity contribution is -0.274. The van der Waals surface area contributed by atoms with E-state index in [0.717, 1.165) is 5.56 Å². The van der Waals surface area contributed by atoms with Crippen molar-refractivity contribution in [3.8, 4) is 11.7 Å². The zero-order valence-electron chi connectivity index (χ0n) is 14.4. The van der Waals surface area contributed by atoms with E-state index in [-0.39, 0.29) is 5.75 Å². The molecule has 0 bridgehead atoms. The molecular formula is C19H14F3N5O. The molecule has 0 aliphatic carbocycles. The maximum Gasteiger partial charge on any atom is 0.573 e. The molecule has 1 N–H and O–H groups in total. The number of hydrogen-bond donors (Lipinski definition) is 1. The summed E-state index contributed by atoms with van der Waals surface area (Å²) in [5.41, 5.74) is 1.48. The Morgan fingerprint density at radius 1 is 1.04 bits per heavy atom. The van der Waals surface area contributed by atoms with Crippen molar-refractivity contribution in [2.24, 2.45) is 0 Å². The van der Waals surface area contributed by atoms with Gasteiger partial charge in [0, 0.05) is 24.3 Å². The fourth-order valence-corrected chi connectivity index (χ4v) is 2.70. The van der Waals surface area contributed by atoms with Crippen LogP contribution in [0.15, 0.2) is 67.3 Å². The summed E-state index contributed by atoms with van der Waals surface area (Å²) in [4.78, 5) is 12.8. The lowest BCUT2D eigenvalue weighted by atomic mass is 10.2. The third kappa shape index (κ3) is 4.03. The van der Waals surface area contributed by atoms with Crippen LogP contribution in [0.3, 0.4) is 0 Å². The van der Waals surface area contributed by atoms with Crippen molar-refractivity contribution >= 4 is 16.7 Å². The number of benzene rings is 2. The molecule has 2 aromatic heterocycles. The third-order valence-corrected chi connectivity index (χ3v) is 3.93. The minimum atomic E-state index is -4.77. The zero-order chi connectivity index (χ0) is 19.6. The van der Waals surface area contributed by atoms with Crippen LogP contribution in [0.5, 0.6) is 5.75 Å². The van der Waals surface area contributed by atoms with Crippen molar-refractivity contribution < 1.29 is 17.9 Å². The normalized spacial score (nSPS) is 11.5. The predicted octanol–water partition coefficient (Wildman–Crippen LogP) is 4.33. The van der Waals surface area contributed by atoms with E-state index in [9.17, 15) is 13.2 Å². The molecule has 4 rings (SSSR count). The summed E-state index contributed by atoms with van der Waals surface area (Å²) in [7, 11) is 0. The van der Waals surface area contributed by atoms with Gasteiger partial charge >= 0.3 is 6.36 Å². The number of hydrogen-bond acceptors (Lipinski definition) is 5. The van der Waals surface area contributed by atoms with E-state index in [1.807, 2.05) is 30.3 Å². The molecule has 28 heavy (non-hydrogen) atoms. The van der Waals surface area contributed by atoms with Crippen molar-refractivity contribution in [2.75, 3.05) is 5.32 Å². The monoisotopic (exact) mass is 385 g/mol. The fourth-order valence-electron chi connectivity index (χ4n) is 2.70. The number of aromatic nitrogens is 4. The molecule has 142 valence electrons.